The van der Waals surface area contributed by atoms with Crippen LogP contribution in [0, 0.1) is 10.1 Å². The Labute approximate surface area is 132 Å². The van der Waals surface area contributed by atoms with E-state index in [2.05, 4.69) is 17.2 Å². The van der Waals surface area contributed by atoms with Crippen LogP contribution in [-0.2, 0) is 11.3 Å². The second kappa shape index (κ2) is 7.48. The third kappa shape index (κ3) is 4.12. The molecule has 2 aromatic rings. The van der Waals surface area contributed by atoms with Gasteiger partial charge in [-0.3, -0.25) is 24.3 Å². The van der Waals surface area contributed by atoms with Gasteiger partial charge in [-0.2, -0.15) is 0 Å². The molecule has 0 radical (unpaired) electrons. The van der Waals surface area contributed by atoms with E-state index in [4.69, 9.17) is 0 Å². The standard InChI is InChI=1S/C15H18N4O4/c1-2-3-4-7-16-14(20)9-18-10-17-13-6-5-11(19(22)23)8-12(13)15(18)21/h5-6,8,10H,2-4,7,9H2,1H3,(H,16,20). The molecular weight excluding hydrogens is 300 g/mol. The molecule has 2 rings (SSSR count). The molecule has 122 valence electrons. The van der Waals surface area contributed by atoms with E-state index in [0.717, 1.165) is 23.8 Å². The third-order valence-corrected chi connectivity index (χ3v) is 3.43. The molecule has 8 nitrogen and oxygen atoms in total. The predicted molar refractivity (Wildman–Crippen MR) is 85.2 cm³/mol. The molecule has 0 spiro atoms. The van der Waals surface area contributed by atoms with Gasteiger partial charge in [-0.05, 0) is 12.5 Å². The van der Waals surface area contributed by atoms with Gasteiger partial charge in [-0.25, -0.2) is 4.98 Å². The average molecular weight is 318 g/mol. The zero-order valence-electron chi connectivity index (χ0n) is 12.8. The summed E-state index contributed by atoms with van der Waals surface area (Å²) in [5, 5.41) is 13.7. The largest absolute Gasteiger partial charge is 0.355 e. The molecule has 0 saturated heterocycles. The van der Waals surface area contributed by atoms with Crippen molar-refractivity contribution in [3.63, 3.8) is 0 Å². The molecule has 1 amide bonds. The quantitative estimate of drug-likeness (QED) is 0.474. The highest BCUT2D eigenvalue weighted by Crippen LogP contribution is 2.16. The fraction of sp³-hybridized carbons (Fsp3) is 0.400. The first-order valence-electron chi connectivity index (χ1n) is 7.43. The first-order chi connectivity index (χ1) is 11.0. The molecule has 0 bridgehead atoms. The number of non-ortho nitro benzene ring substituents is 1. The summed E-state index contributed by atoms with van der Waals surface area (Å²) in [6.45, 7) is 2.48. The average Bonchev–Trinajstić information content (AvgIpc) is 2.54. The molecule has 8 heteroatoms. The number of carbonyl (C=O) groups is 1. The Hall–Kier alpha value is -2.77. The van der Waals surface area contributed by atoms with Crippen LogP contribution < -0.4 is 10.9 Å². The zero-order chi connectivity index (χ0) is 16.8. The number of rotatable bonds is 7. The number of fused-ring (bicyclic) bond motifs is 1. The van der Waals surface area contributed by atoms with Gasteiger partial charge >= 0.3 is 0 Å². The molecule has 1 aromatic carbocycles. The minimum Gasteiger partial charge on any atom is -0.355 e. The van der Waals surface area contributed by atoms with Gasteiger partial charge in [0.05, 0.1) is 22.2 Å². The van der Waals surface area contributed by atoms with Gasteiger partial charge in [0.25, 0.3) is 11.2 Å². The minimum atomic E-state index is -0.573. The van der Waals surface area contributed by atoms with Crippen molar-refractivity contribution in [2.24, 2.45) is 0 Å². The molecular formula is C15H18N4O4. The number of unbranched alkanes of at least 4 members (excludes halogenated alkanes) is 2. The zero-order valence-corrected chi connectivity index (χ0v) is 12.8. The lowest BCUT2D eigenvalue weighted by molar-refractivity contribution is -0.384. The SMILES string of the molecule is CCCCCNC(=O)Cn1cnc2ccc([N+](=O)[O-])cc2c1=O. The number of hydrogen-bond acceptors (Lipinski definition) is 5. The summed E-state index contributed by atoms with van der Waals surface area (Å²) in [5.41, 5.74) is -0.291. The number of nitro groups is 1. The van der Waals surface area contributed by atoms with Gasteiger partial charge in [0, 0.05) is 18.7 Å². The lowest BCUT2D eigenvalue weighted by Gasteiger charge is -2.07. The van der Waals surface area contributed by atoms with Gasteiger partial charge in [-0.1, -0.05) is 19.8 Å². The summed E-state index contributed by atoms with van der Waals surface area (Å²) < 4.78 is 1.15. The third-order valence-electron chi connectivity index (χ3n) is 3.43. The molecule has 0 aliphatic rings. The molecule has 1 N–H and O–H groups in total. The smallest absolute Gasteiger partial charge is 0.270 e. The Morgan fingerprint density at radius 3 is 2.87 bits per heavy atom. The first-order valence-corrected chi connectivity index (χ1v) is 7.43. The molecule has 0 aliphatic carbocycles. The summed E-state index contributed by atoms with van der Waals surface area (Å²) >= 11 is 0. The van der Waals surface area contributed by atoms with Crippen LogP contribution in [0.15, 0.2) is 29.3 Å². The first kappa shape index (κ1) is 16.6. The van der Waals surface area contributed by atoms with E-state index in [9.17, 15) is 19.7 Å². The van der Waals surface area contributed by atoms with Crippen LogP contribution in [0.5, 0.6) is 0 Å². The van der Waals surface area contributed by atoms with E-state index in [0.29, 0.717) is 12.1 Å². The van der Waals surface area contributed by atoms with Crippen molar-refractivity contribution in [3.8, 4) is 0 Å². The highest BCUT2D eigenvalue weighted by molar-refractivity contribution is 5.80. The maximum atomic E-state index is 12.3. The van der Waals surface area contributed by atoms with E-state index in [1.54, 1.807) is 0 Å². The monoisotopic (exact) mass is 318 g/mol. The number of nitrogens with one attached hydrogen (secondary N) is 1. The highest BCUT2D eigenvalue weighted by Gasteiger charge is 2.12. The lowest BCUT2D eigenvalue weighted by Crippen LogP contribution is -2.33. The van der Waals surface area contributed by atoms with Crippen molar-refractivity contribution in [3.05, 3.63) is 45.0 Å². The van der Waals surface area contributed by atoms with E-state index in [1.807, 2.05) is 0 Å². The highest BCUT2D eigenvalue weighted by atomic mass is 16.6. The fourth-order valence-corrected chi connectivity index (χ4v) is 2.19. The molecule has 0 atom stereocenters. The minimum absolute atomic E-state index is 0.125. The van der Waals surface area contributed by atoms with E-state index in [1.165, 1.54) is 24.5 Å². The predicted octanol–water partition coefficient (Wildman–Crippen LogP) is 1.61. The summed E-state index contributed by atoms with van der Waals surface area (Å²) in [6, 6.07) is 3.89. The fourth-order valence-electron chi connectivity index (χ4n) is 2.19. The maximum Gasteiger partial charge on any atom is 0.270 e. The number of nitrogens with zero attached hydrogens (tertiary/aromatic N) is 3. The molecule has 0 fully saturated rings. The summed E-state index contributed by atoms with van der Waals surface area (Å²) in [6.07, 6.45) is 4.26. The number of amides is 1. The van der Waals surface area contributed by atoms with Crippen molar-refractivity contribution >= 4 is 22.5 Å². The molecule has 0 aliphatic heterocycles. The molecule has 0 unspecified atom stereocenters. The topological polar surface area (TPSA) is 107 Å². The van der Waals surface area contributed by atoms with E-state index in [-0.39, 0.29) is 23.5 Å². The van der Waals surface area contributed by atoms with E-state index >= 15 is 0 Å². The maximum absolute atomic E-state index is 12.3. The van der Waals surface area contributed by atoms with Crippen LogP contribution in [0.1, 0.15) is 26.2 Å². The van der Waals surface area contributed by atoms with Crippen LogP contribution in [0.2, 0.25) is 0 Å². The lowest BCUT2D eigenvalue weighted by atomic mass is 10.2. The van der Waals surface area contributed by atoms with Crippen LogP contribution in [0.3, 0.4) is 0 Å². The summed E-state index contributed by atoms with van der Waals surface area (Å²) in [7, 11) is 0. The Morgan fingerprint density at radius 2 is 2.17 bits per heavy atom. The van der Waals surface area contributed by atoms with Gasteiger partial charge in [0.15, 0.2) is 0 Å². The molecule has 23 heavy (non-hydrogen) atoms. The van der Waals surface area contributed by atoms with E-state index < -0.39 is 10.5 Å². The molecule has 0 saturated carbocycles. The molecule has 1 heterocycles. The Morgan fingerprint density at radius 1 is 1.39 bits per heavy atom. The van der Waals surface area contributed by atoms with Gasteiger partial charge in [-0.15, -0.1) is 0 Å². The van der Waals surface area contributed by atoms with Crippen molar-refractivity contribution in [2.45, 2.75) is 32.7 Å². The number of benzene rings is 1. The summed E-state index contributed by atoms with van der Waals surface area (Å²) in [5.74, 6) is -0.283. The Bertz CT molecular complexity index is 785. The van der Waals surface area contributed by atoms with Crippen LogP contribution >= 0.6 is 0 Å². The van der Waals surface area contributed by atoms with Crippen molar-refractivity contribution < 1.29 is 9.72 Å². The Balaban J connectivity index is 2.18. The molecule has 1 aromatic heterocycles. The van der Waals surface area contributed by atoms with Crippen molar-refractivity contribution in [2.75, 3.05) is 6.54 Å². The van der Waals surface area contributed by atoms with Crippen molar-refractivity contribution in [1.29, 1.82) is 0 Å². The second-order valence-electron chi connectivity index (χ2n) is 5.19. The Kier molecular flexibility index (Phi) is 5.40. The van der Waals surface area contributed by atoms with Crippen LogP contribution in [-0.4, -0.2) is 26.9 Å². The number of hydrogen-bond donors (Lipinski definition) is 1. The second-order valence-corrected chi connectivity index (χ2v) is 5.19. The van der Waals surface area contributed by atoms with Crippen LogP contribution in [0.4, 0.5) is 5.69 Å². The number of aromatic nitrogens is 2. The normalized spacial score (nSPS) is 10.7. The van der Waals surface area contributed by atoms with Crippen LogP contribution in [0.25, 0.3) is 10.9 Å². The van der Waals surface area contributed by atoms with Gasteiger partial charge < -0.3 is 5.32 Å². The number of carbonyl (C=O) groups excluding carboxylic acids is 1. The van der Waals surface area contributed by atoms with Crippen molar-refractivity contribution in [1.82, 2.24) is 14.9 Å². The van der Waals surface area contributed by atoms with Gasteiger partial charge in [0.2, 0.25) is 5.91 Å². The summed E-state index contributed by atoms with van der Waals surface area (Å²) in [4.78, 5) is 38.5. The number of nitro benzene ring substituents is 1. The van der Waals surface area contributed by atoms with Gasteiger partial charge in [0.1, 0.15) is 6.54 Å².